The van der Waals surface area contributed by atoms with Gasteiger partial charge in [-0.2, -0.15) is 0 Å². The van der Waals surface area contributed by atoms with Crippen molar-refractivity contribution in [1.82, 2.24) is 9.80 Å². The highest BCUT2D eigenvalue weighted by atomic mass is 19.1. The molecule has 2 aromatic rings. The van der Waals surface area contributed by atoms with Gasteiger partial charge >= 0.3 is 0 Å². The van der Waals surface area contributed by atoms with Crippen LogP contribution in [0, 0.1) is 24.5 Å². The number of hydrogen-bond donors (Lipinski definition) is 0. The number of carbonyl (C=O) groups is 1. The molecule has 0 saturated carbocycles. The van der Waals surface area contributed by atoms with E-state index in [0.717, 1.165) is 17.7 Å². The minimum Gasteiger partial charge on any atom is -0.363 e. The molecule has 2 fully saturated rings. The van der Waals surface area contributed by atoms with Gasteiger partial charge in [-0.1, -0.05) is 19.1 Å². The van der Waals surface area contributed by atoms with Crippen LogP contribution < -0.4 is 4.90 Å². The van der Waals surface area contributed by atoms with E-state index >= 15 is 4.39 Å². The van der Waals surface area contributed by atoms with Gasteiger partial charge in [0.2, 0.25) is 5.91 Å². The van der Waals surface area contributed by atoms with Gasteiger partial charge in [0.15, 0.2) is 0 Å². The second kappa shape index (κ2) is 9.88. The van der Waals surface area contributed by atoms with Gasteiger partial charge in [-0.15, -0.1) is 0 Å². The molecule has 4 nitrogen and oxygen atoms in total. The predicted molar refractivity (Wildman–Crippen MR) is 138 cm³/mol. The van der Waals surface area contributed by atoms with Gasteiger partial charge in [-0.05, 0) is 82.5 Å². The van der Waals surface area contributed by atoms with E-state index < -0.39 is 0 Å². The van der Waals surface area contributed by atoms with Crippen LogP contribution in [0.4, 0.5) is 14.5 Å². The van der Waals surface area contributed by atoms with E-state index in [0.29, 0.717) is 31.7 Å². The van der Waals surface area contributed by atoms with Crippen molar-refractivity contribution in [2.24, 2.45) is 5.92 Å². The summed E-state index contributed by atoms with van der Waals surface area (Å²) in [5.74, 6) is -0.809. The molecule has 0 aliphatic carbocycles. The number of carbonyl (C=O) groups excluding carboxylic acids is 1. The van der Waals surface area contributed by atoms with Crippen LogP contribution in [-0.2, 0) is 4.79 Å². The number of aryl methyl sites for hydroxylation is 1. The molecule has 2 unspecified atom stereocenters. The number of anilines is 1. The van der Waals surface area contributed by atoms with Crippen molar-refractivity contribution < 1.29 is 13.6 Å². The van der Waals surface area contributed by atoms with Crippen molar-refractivity contribution >= 4 is 11.6 Å². The number of hydrogen-bond acceptors (Lipinski definition) is 3. The second-order valence-corrected chi connectivity index (χ2v) is 11.1. The monoisotopic (exact) mass is 483 g/mol. The third kappa shape index (κ3) is 5.09. The molecule has 2 saturated heterocycles. The molecule has 0 aromatic heterocycles. The lowest BCUT2D eigenvalue weighted by Crippen LogP contribution is -2.59. The molecular formula is C29H39F2N3O. The molecule has 0 radical (unpaired) electrons. The average Bonchev–Trinajstić information content (AvgIpc) is 3.25. The Morgan fingerprint density at radius 2 is 1.60 bits per heavy atom. The second-order valence-electron chi connectivity index (χ2n) is 11.1. The molecule has 1 amide bonds. The predicted octanol–water partition coefficient (Wildman–Crippen LogP) is 5.60. The van der Waals surface area contributed by atoms with Crippen LogP contribution in [0.2, 0.25) is 0 Å². The largest absolute Gasteiger partial charge is 0.363 e. The fourth-order valence-corrected chi connectivity index (χ4v) is 5.88. The SMILES string of the molecule is CCC(C)(C)N1CC(C(=O)N2C[C@@H](C)N(c3ccc(F)cc3)[C@@H](C)C2)C(c2ccc(C)cc2F)C1. The quantitative estimate of drug-likeness (QED) is 0.554. The Bertz CT molecular complexity index is 1040. The first-order chi connectivity index (χ1) is 16.5. The first-order valence-corrected chi connectivity index (χ1v) is 12.9. The average molecular weight is 484 g/mol. The van der Waals surface area contributed by atoms with Gasteiger partial charge in [0, 0.05) is 55.4 Å². The van der Waals surface area contributed by atoms with E-state index in [-0.39, 0.29) is 47.0 Å². The van der Waals surface area contributed by atoms with Crippen molar-refractivity contribution in [2.75, 3.05) is 31.1 Å². The third-order valence-corrected chi connectivity index (χ3v) is 8.27. The van der Waals surface area contributed by atoms with Crippen LogP contribution in [0.3, 0.4) is 0 Å². The first-order valence-electron chi connectivity index (χ1n) is 12.9. The molecule has 4 atom stereocenters. The number of halogens is 2. The molecule has 2 aliphatic rings. The van der Waals surface area contributed by atoms with Crippen LogP contribution in [0.25, 0.3) is 0 Å². The maximum atomic E-state index is 15.1. The van der Waals surface area contributed by atoms with Crippen LogP contribution in [0.1, 0.15) is 58.1 Å². The van der Waals surface area contributed by atoms with Crippen molar-refractivity contribution in [3.05, 3.63) is 65.2 Å². The van der Waals surface area contributed by atoms with E-state index in [2.05, 4.69) is 44.4 Å². The zero-order valence-electron chi connectivity index (χ0n) is 21.9. The summed E-state index contributed by atoms with van der Waals surface area (Å²) < 4.78 is 28.6. The van der Waals surface area contributed by atoms with Gasteiger partial charge < -0.3 is 9.80 Å². The summed E-state index contributed by atoms with van der Waals surface area (Å²) in [6.45, 7) is 15.2. The molecule has 0 N–H and O–H groups in total. The topological polar surface area (TPSA) is 26.8 Å². The van der Waals surface area contributed by atoms with Crippen LogP contribution in [0.15, 0.2) is 42.5 Å². The first kappa shape index (κ1) is 25.6. The maximum Gasteiger partial charge on any atom is 0.227 e. The number of rotatable bonds is 5. The molecule has 2 heterocycles. The highest BCUT2D eigenvalue weighted by Crippen LogP contribution is 2.40. The van der Waals surface area contributed by atoms with Gasteiger partial charge in [-0.3, -0.25) is 9.69 Å². The smallest absolute Gasteiger partial charge is 0.227 e. The number of benzene rings is 2. The van der Waals surface area contributed by atoms with E-state index in [1.54, 1.807) is 18.2 Å². The summed E-state index contributed by atoms with van der Waals surface area (Å²) in [5, 5.41) is 0. The fraction of sp³-hybridized carbons (Fsp3) is 0.552. The summed E-state index contributed by atoms with van der Waals surface area (Å²) >= 11 is 0. The Balaban J connectivity index is 1.58. The highest BCUT2D eigenvalue weighted by molar-refractivity contribution is 5.81. The number of piperazine rings is 1. The van der Waals surface area contributed by atoms with E-state index in [1.807, 2.05) is 24.0 Å². The summed E-state index contributed by atoms with van der Waals surface area (Å²) in [5.41, 5.74) is 2.44. The van der Waals surface area contributed by atoms with Crippen molar-refractivity contribution in [2.45, 2.75) is 71.5 Å². The van der Waals surface area contributed by atoms with Crippen molar-refractivity contribution in [3.8, 4) is 0 Å². The summed E-state index contributed by atoms with van der Waals surface area (Å²) in [4.78, 5) is 20.6. The maximum absolute atomic E-state index is 15.1. The lowest BCUT2D eigenvalue weighted by atomic mass is 9.86. The lowest BCUT2D eigenvalue weighted by molar-refractivity contribution is -0.137. The van der Waals surface area contributed by atoms with Crippen molar-refractivity contribution in [1.29, 1.82) is 0 Å². The van der Waals surface area contributed by atoms with E-state index in [4.69, 9.17) is 0 Å². The van der Waals surface area contributed by atoms with Gasteiger partial charge in [0.05, 0.1) is 5.92 Å². The summed E-state index contributed by atoms with van der Waals surface area (Å²) in [7, 11) is 0. The zero-order chi connectivity index (χ0) is 25.5. The van der Waals surface area contributed by atoms with E-state index in [9.17, 15) is 9.18 Å². The summed E-state index contributed by atoms with van der Waals surface area (Å²) in [6, 6.07) is 12.1. The minimum atomic E-state index is -0.283. The Kier molecular flexibility index (Phi) is 7.23. The minimum absolute atomic E-state index is 0.0592. The van der Waals surface area contributed by atoms with Crippen LogP contribution in [-0.4, -0.2) is 59.5 Å². The Morgan fingerprint density at radius 1 is 0.971 bits per heavy atom. The summed E-state index contributed by atoms with van der Waals surface area (Å²) in [6.07, 6.45) is 0.960. The number of likely N-dealkylation sites (tertiary alicyclic amines) is 1. The molecule has 4 rings (SSSR count). The van der Waals surface area contributed by atoms with Crippen LogP contribution >= 0.6 is 0 Å². The molecule has 0 spiro atoms. The standard InChI is InChI=1S/C29H39F2N3O/c1-7-29(5,6)33-17-25(24-13-8-19(2)14-27(24)31)26(18-33)28(35)32-15-20(3)34(21(4)16-32)23-11-9-22(30)10-12-23/h8-14,20-21,25-26H,7,15-18H2,1-6H3/t20-,21+,25?,26?. The Labute approximate surface area is 208 Å². The van der Waals surface area contributed by atoms with Gasteiger partial charge in [-0.25, -0.2) is 8.78 Å². The lowest BCUT2D eigenvalue weighted by Gasteiger charge is -2.46. The van der Waals surface area contributed by atoms with Crippen molar-refractivity contribution in [3.63, 3.8) is 0 Å². The third-order valence-electron chi connectivity index (χ3n) is 8.27. The number of nitrogens with zero attached hydrogens (tertiary/aromatic N) is 3. The Hall–Kier alpha value is -2.47. The van der Waals surface area contributed by atoms with Gasteiger partial charge in [0.25, 0.3) is 0 Å². The molecule has 2 aliphatic heterocycles. The molecule has 0 bridgehead atoms. The zero-order valence-corrected chi connectivity index (χ0v) is 21.9. The molecular weight excluding hydrogens is 444 g/mol. The molecule has 6 heteroatoms. The number of amides is 1. The fourth-order valence-electron chi connectivity index (χ4n) is 5.88. The molecule has 190 valence electrons. The highest BCUT2D eigenvalue weighted by Gasteiger charge is 2.46. The van der Waals surface area contributed by atoms with Crippen LogP contribution in [0.5, 0.6) is 0 Å². The molecule has 35 heavy (non-hydrogen) atoms. The van der Waals surface area contributed by atoms with Gasteiger partial charge in [0.1, 0.15) is 11.6 Å². The van der Waals surface area contributed by atoms with E-state index in [1.165, 1.54) is 12.1 Å². The normalized spacial score (nSPS) is 25.8. The Morgan fingerprint density at radius 3 is 2.17 bits per heavy atom. The molecule has 2 aromatic carbocycles.